The summed E-state index contributed by atoms with van der Waals surface area (Å²) in [5.41, 5.74) is -0.418. The normalized spacial score (nSPS) is 11.7. The first-order valence-corrected chi connectivity index (χ1v) is 16.0. The zero-order chi connectivity index (χ0) is 35.7. The fourth-order valence-corrected chi connectivity index (χ4v) is 4.20. The largest absolute Gasteiger partial charge is 0.409 e. The monoisotopic (exact) mass is 656 g/mol. The number of Topliss-reactive ketones (excluding diaryl/α,β-unsaturated/α-hetero) is 1. The Hall–Kier alpha value is -3.40. The van der Waals surface area contributed by atoms with Crippen molar-refractivity contribution in [2.24, 2.45) is 5.41 Å². The van der Waals surface area contributed by atoms with Crippen molar-refractivity contribution in [3.05, 3.63) is 0 Å². The van der Waals surface area contributed by atoms with E-state index in [0.29, 0.717) is 77.5 Å². The lowest BCUT2D eigenvalue weighted by Crippen LogP contribution is -2.48. The molecule has 0 fully saturated rings. The van der Waals surface area contributed by atoms with E-state index in [1.165, 1.54) is 4.90 Å². The molecule has 1 atom stereocenters. The van der Waals surface area contributed by atoms with E-state index in [9.17, 15) is 33.6 Å². The summed E-state index contributed by atoms with van der Waals surface area (Å²) in [5.74, 6) is -2.24. The van der Waals surface area contributed by atoms with Crippen LogP contribution in [0.2, 0.25) is 0 Å². The van der Waals surface area contributed by atoms with Crippen molar-refractivity contribution in [1.29, 1.82) is 0 Å². The van der Waals surface area contributed by atoms with Gasteiger partial charge in [0, 0.05) is 37.8 Å². The minimum Gasteiger partial charge on any atom is -0.409 e. The number of carbonyl (C=O) groups is 7. The third-order valence-electron chi connectivity index (χ3n) is 6.97. The van der Waals surface area contributed by atoms with Crippen molar-refractivity contribution in [3.63, 3.8) is 0 Å². The molecule has 0 aromatic heterocycles. The molecule has 258 valence electrons. The minimum absolute atomic E-state index is 0.141. The summed E-state index contributed by atoms with van der Waals surface area (Å²) in [6, 6.07) is -0.761. The van der Waals surface area contributed by atoms with Gasteiger partial charge in [0.05, 0.1) is 19.6 Å². The Labute approximate surface area is 282 Å². The smallest absolute Gasteiger partial charge is 0.242 e. The van der Waals surface area contributed by atoms with E-state index in [1.54, 1.807) is 0 Å². The number of carbonyl (C=O) groups excluding carboxylic acids is 7. The van der Waals surface area contributed by atoms with Gasteiger partial charge in [0.15, 0.2) is 0 Å². The SMILES string of the molecule is [B]NC(=O)CCCCNC(=O)[C@H](CCNCCCCNC(=O)CN(CC(=O)N[B])CC(=O)N[B])NC(=O)CCCCC(=O)C(C)(C)C. The van der Waals surface area contributed by atoms with Crippen LogP contribution in [0, 0.1) is 5.41 Å². The third-order valence-corrected chi connectivity index (χ3v) is 6.97. The van der Waals surface area contributed by atoms with Crippen molar-refractivity contribution >= 4 is 65.2 Å². The zero-order valence-electron chi connectivity index (χ0n) is 28.1. The molecule has 18 heteroatoms. The minimum atomic E-state index is -0.761. The maximum Gasteiger partial charge on any atom is 0.242 e. The fourth-order valence-electron chi connectivity index (χ4n) is 4.20. The maximum atomic E-state index is 12.9. The Bertz CT molecular complexity index is 997. The number of ketones is 1. The van der Waals surface area contributed by atoms with E-state index in [4.69, 9.17) is 23.9 Å². The van der Waals surface area contributed by atoms with Crippen LogP contribution in [0.15, 0.2) is 0 Å². The number of nitrogens with zero attached hydrogens (tertiary/aromatic N) is 1. The van der Waals surface area contributed by atoms with Gasteiger partial charge in [-0.15, -0.1) is 0 Å². The Morgan fingerprint density at radius 1 is 0.574 bits per heavy atom. The van der Waals surface area contributed by atoms with E-state index in [2.05, 4.69) is 26.5 Å². The first kappa shape index (κ1) is 43.6. The zero-order valence-corrected chi connectivity index (χ0v) is 28.1. The highest BCUT2D eigenvalue weighted by Gasteiger charge is 2.22. The number of hydrogen-bond donors (Lipinski definition) is 7. The second-order valence-corrected chi connectivity index (χ2v) is 12.2. The third kappa shape index (κ3) is 23.6. The first-order chi connectivity index (χ1) is 22.2. The van der Waals surface area contributed by atoms with Gasteiger partial charge in [-0.25, -0.2) is 0 Å². The van der Waals surface area contributed by atoms with Crippen molar-refractivity contribution < 1.29 is 33.6 Å². The summed E-state index contributed by atoms with van der Waals surface area (Å²) in [6.07, 6.45) is 4.78. The van der Waals surface area contributed by atoms with Gasteiger partial charge < -0.3 is 37.0 Å². The van der Waals surface area contributed by atoms with Crippen molar-refractivity contribution in [2.45, 2.75) is 91.0 Å². The molecule has 0 aliphatic rings. The summed E-state index contributed by atoms with van der Waals surface area (Å²) in [5, 5.41) is 17.5. The molecule has 0 aromatic rings. The van der Waals surface area contributed by atoms with Crippen LogP contribution in [0.3, 0.4) is 0 Å². The molecular weight excluding hydrogens is 605 g/mol. The molecule has 0 rings (SSSR count). The van der Waals surface area contributed by atoms with E-state index < -0.39 is 23.3 Å². The van der Waals surface area contributed by atoms with Gasteiger partial charge in [-0.1, -0.05) is 20.8 Å². The van der Waals surface area contributed by atoms with E-state index >= 15 is 0 Å². The molecule has 0 aliphatic carbocycles. The maximum absolute atomic E-state index is 12.9. The second kappa shape index (κ2) is 25.7. The molecule has 0 aliphatic heterocycles. The van der Waals surface area contributed by atoms with Crippen LogP contribution in [-0.2, 0) is 33.6 Å². The van der Waals surface area contributed by atoms with Gasteiger partial charge in [-0.05, 0) is 58.0 Å². The summed E-state index contributed by atoms with van der Waals surface area (Å²) >= 11 is 0. The van der Waals surface area contributed by atoms with Crippen LogP contribution >= 0.6 is 0 Å². The van der Waals surface area contributed by atoms with Gasteiger partial charge in [-0.2, -0.15) is 0 Å². The summed E-state index contributed by atoms with van der Waals surface area (Å²) in [4.78, 5) is 85.5. The molecule has 0 spiro atoms. The second-order valence-electron chi connectivity index (χ2n) is 12.2. The van der Waals surface area contributed by atoms with E-state index in [1.807, 2.05) is 31.2 Å². The van der Waals surface area contributed by atoms with Crippen LogP contribution in [-0.4, -0.2) is 122 Å². The number of hydrogen-bond acceptors (Lipinski definition) is 9. The lowest BCUT2D eigenvalue weighted by molar-refractivity contribution is -0.129. The molecule has 0 aromatic carbocycles. The molecule has 0 saturated carbocycles. The Morgan fingerprint density at radius 3 is 1.66 bits per heavy atom. The molecule has 0 bridgehead atoms. The summed E-state index contributed by atoms with van der Waals surface area (Å²) < 4.78 is 0. The molecule has 6 amide bonds. The van der Waals surface area contributed by atoms with E-state index in [-0.39, 0.29) is 61.9 Å². The van der Waals surface area contributed by atoms with Crippen LogP contribution in [0.1, 0.15) is 85.0 Å². The van der Waals surface area contributed by atoms with Gasteiger partial charge >= 0.3 is 0 Å². The fraction of sp³-hybridized carbons (Fsp3) is 0.759. The quantitative estimate of drug-likeness (QED) is 0.0395. The highest BCUT2D eigenvalue weighted by Crippen LogP contribution is 2.18. The van der Waals surface area contributed by atoms with Gasteiger partial charge in [0.2, 0.25) is 59.4 Å². The van der Waals surface area contributed by atoms with Crippen LogP contribution in [0.25, 0.3) is 0 Å². The average molecular weight is 656 g/mol. The topological polar surface area (TPSA) is 207 Å². The predicted molar refractivity (Wildman–Crippen MR) is 180 cm³/mol. The highest BCUT2D eigenvalue weighted by molar-refractivity contribution is 6.15. The Morgan fingerprint density at radius 2 is 1.06 bits per heavy atom. The predicted octanol–water partition coefficient (Wildman–Crippen LogP) is -2.29. The Balaban J connectivity index is 4.62. The van der Waals surface area contributed by atoms with Crippen molar-refractivity contribution in [3.8, 4) is 0 Å². The van der Waals surface area contributed by atoms with Gasteiger partial charge in [-0.3, -0.25) is 38.5 Å². The van der Waals surface area contributed by atoms with Gasteiger partial charge in [0.25, 0.3) is 0 Å². The van der Waals surface area contributed by atoms with Crippen molar-refractivity contribution in [2.75, 3.05) is 45.8 Å². The number of rotatable bonds is 26. The molecule has 0 heterocycles. The molecule has 0 saturated heterocycles. The molecule has 47 heavy (non-hydrogen) atoms. The Kier molecular flexibility index (Phi) is 23.8. The average Bonchev–Trinajstić information content (AvgIpc) is 3.02. The number of unbranched alkanes of at least 4 members (excludes halogenated alkanes) is 3. The van der Waals surface area contributed by atoms with Crippen molar-refractivity contribution in [1.82, 2.24) is 41.9 Å². The molecule has 0 unspecified atom stereocenters. The first-order valence-electron chi connectivity index (χ1n) is 16.0. The summed E-state index contributed by atoms with van der Waals surface area (Å²) in [6.45, 7) is 6.63. The van der Waals surface area contributed by atoms with Crippen LogP contribution in [0.5, 0.6) is 0 Å². The van der Waals surface area contributed by atoms with E-state index in [0.717, 1.165) is 0 Å². The molecule has 7 N–H and O–H groups in total. The lowest BCUT2D eigenvalue weighted by atomic mass is 9.88. The van der Waals surface area contributed by atoms with Gasteiger partial charge in [0.1, 0.15) is 11.8 Å². The van der Waals surface area contributed by atoms with Crippen LogP contribution in [0.4, 0.5) is 0 Å². The standard InChI is InChI=1S/C29H51B3N8O7/c1-29(2,3)22(41)10-4-5-11-23(42)36-21(28(47)35-16-7-6-12-24(43)37-30)13-17-33-14-8-9-15-34-25(44)18-40(19-26(45)38-31)20-27(46)39-32/h21,33H,4-20H2,1-3H3,(H,34,44)(H,35,47)(H,36,42)(H,37,43)(H,38,45)(H,39,46)/t21-/m0/s1. The molecule has 6 radical (unpaired) electrons. The summed E-state index contributed by atoms with van der Waals surface area (Å²) in [7, 11) is 15.2. The number of amides is 6. The molecule has 15 nitrogen and oxygen atoms in total. The number of nitrogens with one attached hydrogen (secondary N) is 7. The molecular formula is C29H51B3N8O7. The highest BCUT2D eigenvalue weighted by atomic mass is 16.2. The lowest BCUT2D eigenvalue weighted by Gasteiger charge is -2.20. The van der Waals surface area contributed by atoms with Crippen LogP contribution < -0.4 is 37.0 Å².